The molecule has 0 fully saturated rings. The molecule has 3 aromatic rings. The maximum absolute atomic E-state index is 9.07. The Bertz CT molecular complexity index is 793. The summed E-state index contributed by atoms with van der Waals surface area (Å²) in [6.07, 6.45) is 3.32. The van der Waals surface area contributed by atoms with Gasteiger partial charge in [-0.1, -0.05) is 49.4 Å². The molecule has 0 aliphatic heterocycles. The molecule has 2 aromatic carbocycles. The molecule has 22 heavy (non-hydrogen) atoms. The Labute approximate surface area is 130 Å². The van der Waals surface area contributed by atoms with Crippen LogP contribution in [-0.2, 0) is 12.8 Å². The van der Waals surface area contributed by atoms with Gasteiger partial charge in [-0.15, -0.1) is 0 Å². The van der Waals surface area contributed by atoms with Crippen LogP contribution in [-0.4, -0.2) is 9.78 Å². The molecule has 1 aromatic heterocycles. The third-order valence-corrected chi connectivity index (χ3v) is 3.72. The van der Waals surface area contributed by atoms with Crippen LogP contribution in [0, 0.1) is 11.3 Å². The fourth-order valence-corrected chi connectivity index (χ4v) is 2.48. The summed E-state index contributed by atoms with van der Waals surface area (Å²) in [6.45, 7) is 2.14. The Morgan fingerprint density at radius 1 is 1.05 bits per heavy atom. The monoisotopic (exact) mass is 287 g/mol. The first-order chi connectivity index (χ1) is 10.8. The van der Waals surface area contributed by atoms with Gasteiger partial charge in [0.15, 0.2) is 0 Å². The van der Waals surface area contributed by atoms with Crippen molar-refractivity contribution in [2.24, 2.45) is 0 Å². The molecule has 0 saturated heterocycles. The van der Waals surface area contributed by atoms with Crippen molar-refractivity contribution >= 4 is 0 Å². The minimum atomic E-state index is 0.359. The second kappa shape index (κ2) is 6.28. The second-order valence-electron chi connectivity index (χ2n) is 5.17. The van der Waals surface area contributed by atoms with Gasteiger partial charge in [0.05, 0.1) is 23.9 Å². The molecule has 3 heteroatoms. The molecule has 0 aliphatic carbocycles. The summed E-state index contributed by atoms with van der Waals surface area (Å²) in [5, 5.41) is 13.8. The molecule has 0 amide bonds. The predicted octanol–water partition coefficient (Wildman–Crippen LogP) is 4.17. The van der Waals surface area contributed by atoms with Crippen LogP contribution in [0.15, 0.2) is 60.8 Å². The predicted molar refractivity (Wildman–Crippen MR) is 87.7 cm³/mol. The molecule has 3 nitrogen and oxygen atoms in total. The number of benzene rings is 2. The second-order valence-corrected chi connectivity index (χ2v) is 5.17. The first-order valence-corrected chi connectivity index (χ1v) is 7.42. The lowest BCUT2D eigenvalue weighted by atomic mass is 10.0. The molecule has 108 valence electrons. The van der Waals surface area contributed by atoms with E-state index in [1.807, 2.05) is 41.2 Å². The Balaban J connectivity index is 2.05. The summed E-state index contributed by atoms with van der Waals surface area (Å²) in [4.78, 5) is 0. The number of hydrogen-bond donors (Lipinski definition) is 0. The average molecular weight is 287 g/mol. The van der Waals surface area contributed by atoms with E-state index in [1.54, 1.807) is 0 Å². The number of rotatable bonds is 4. The highest BCUT2D eigenvalue weighted by Crippen LogP contribution is 2.24. The summed E-state index contributed by atoms with van der Waals surface area (Å²) in [7, 11) is 0. The quantitative estimate of drug-likeness (QED) is 0.722. The molecule has 0 spiro atoms. The molecule has 0 radical (unpaired) electrons. The van der Waals surface area contributed by atoms with Gasteiger partial charge >= 0.3 is 0 Å². The van der Waals surface area contributed by atoms with Crippen molar-refractivity contribution in [3.05, 3.63) is 71.9 Å². The van der Waals surface area contributed by atoms with Gasteiger partial charge < -0.3 is 0 Å². The van der Waals surface area contributed by atoms with E-state index in [2.05, 4.69) is 37.3 Å². The molecule has 0 saturated carbocycles. The van der Waals surface area contributed by atoms with Gasteiger partial charge in [0, 0.05) is 17.3 Å². The Morgan fingerprint density at radius 2 is 1.77 bits per heavy atom. The normalized spacial score (nSPS) is 10.4. The van der Waals surface area contributed by atoms with E-state index in [0.29, 0.717) is 6.42 Å². The standard InChI is InChI=1S/C19H17N3/c1-2-15-8-10-16(11-9-15)19-17(12-13-20)14-22(21-19)18-6-4-3-5-7-18/h3-11,14H,2,12H2,1H3. The SMILES string of the molecule is CCc1ccc(-c2nn(-c3ccccc3)cc2CC#N)cc1. The summed E-state index contributed by atoms with van der Waals surface area (Å²) >= 11 is 0. The minimum absolute atomic E-state index is 0.359. The fraction of sp³-hybridized carbons (Fsp3) is 0.158. The maximum Gasteiger partial charge on any atom is 0.0970 e. The Kier molecular flexibility index (Phi) is 4.02. The van der Waals surface area contributed by atoms with E-state index in [1.165, 1.54) is 5.56 Å². The lowest BCUT2D eigenvalue weighted by Crippen LogP contribution is -1.94. The van der Waals surface area contributed by atoms with Crippen molar-refractivity contribution in [2.45, 2.75) is 19.8 Å². The van der Waals surface area contributed by atoms with Crippen molar-refractivity contribution in [1.29, 1.82) is 5.26 Å². The van der Waals surface area contributed by atoms with Crippen molar-refractivity contribution in [3.63, 3.8) is 0 Å². The Morgan fingerprint density at radius 3 is 2.41 bits per heavy atom. The van der Waals surface area contributed by atoms with Gasteiger partial charge in [0.25, 0.3) is 0 Å². The zero-order valence-electron chi connectivity index (χ0n) is 12.5. The van der Waals surface area contributed by atoms with E-state index >= 15 is 0 Å². The van der Waals surface area contributed by atoms with Crippen LogP contribution in [0.3, 0.4) is 0 Å². The fourth-order valence-electron chi connectivity index (χ4n) is 2.48. The van der Waals surface area contributed by atoms with Gasteiger partial charge in [-0.05, 0) is 24.1 Å². The van der Waals surface area contributed by atoms with Crippen molar-refractivity contribution < 1.29 is 0 Å². The summed E-state index contributed by atoms with van der Waals surface area (Å²) in [6, 6.07) is 20.6. The number of aromatic nitrogens is 2. The number of aryl methyl sites for hydroxylation is 1. The van der Waals surface area contributed by atoms with Crippen LogP contribution < -0.4 is 0 Å². The largest absolute Gasteiger partial charge is 0.240 e. The average Bonchev–Trinajstić information content (AvgIpc) is 3.00. The van der Waals surface area contributed by atoms with Gasteiger partial charge in [0.1, 0.15) is 0 Å². The van der Waals surface area contributed by atoms with E-state index in [4.69, 9.17) is 10.4 Å². The lowest BCUT2D eigenvalue weighted by Gasteiger charge is -2.02. The number of nitrogens with zero attached hydrogens (tertiary/aromatic N) is 3. The van der Waals surface area contributed by atoms with Crippen LogP contribution in [0.5, 0.6) is 0 Å². The Hall–Kier alpha value is -2.86. The highest BCUT2D eigenvalue weighted by molar-refractivity contribution is 5.64. The third-order valence-electron chi connectivity index (χ3n) is 3.72. The molecule has 3 rings (SSSR count). The highest BCUT2D eigenvalue weighted by Gasteiger charge is 2.12. The first-order valence-electron chi connectivity index (χ1n) is 7.42. The maximum atomic E-state index is 9.07. The van der Waals surface area contributed by atoms with Crippen LogP contribution in [0.4, 0.5) is 0 Å². The molecular formula is C19H17N3. The molecular weight excluding hydrogens is 270 g/mol. The smallest absolute Gasteiger partial charge is 0.0970 e. The van der Waals surface area contributed by atoms with Crippen LogP contribution in [0.1, 0.15) is 18.1 Å². The third kappa shape index (κ3) is 2.77. The molecule has 1 heterocycles. The van der Waals surface area contributed by atoms with Gasteiger partial charge in [-0.2, -0.15) is 10.4 Å². The summed E-state index contributed by atoms with van der Waals surface area (Å²) in [5.41, 5.74) is 5.19. The van der Waals surface area contributed by atoms with E-state index in [-0.39, 0.29) is 0 Å². The molecule has 0 unspecified atom stereocenters. The van der Waals surface area contributed by atoms with Gasteiger partial charge in [0.2, 0.25) is 0 Å². The summed E-state index contributed by atoms with van der Waals surface area (Å²) in [5.74, 6) is 0. The highest BCUT2D eigenvalue weighted by atomic mass is 15.3. The number of hydrogen-bond acceptors (Lipinski definition) is 2. The molecule has 0 N–H and O–H groups in total. The van der Waals surface area contributed by atoms with E-state index < -0.39 is 0 Å². The minimum Gasteiger partial charge on any atom is -0.240 e. The summed E-state index contributed by atoms with van der Waals surface area (Å²) < 4.78 is 1.84. The van der Waals surface area contributed by atoms with Crippen molar-refractivity contribution in [3.8, 4) is 23.0 Å². The van der Waals surface area contributed by atoms with E-state index in [0.717, 1.165) is 28.9 Å². The van der Waals surface area contributed by atoms with Crippen LogP contribution >= 0.6 is 0 Å². The van der Waals surface area contributed by atoms with Crippen LogP contribution in [0.25, 0.3) is 16.9 Å². The van der Waals surface area contributed by atoms with Crippen molar-refractivity contribution in [1.82, 2.24) is 9.78 Å². The van der Waals surface area contributed by atoms with Gasteiger partial charge in [-0.25, -0.2) is 4.68 Å². The van der Waals surface area contributed by atoms with Gasteiger partial charge in [-0.3, -0.25) is 0 Å². The van der Waals surface area contributed by atoms with E-state index in [9.17, 15) is 0 Å². The van der Waals surface area contributed by atoms with Crippen molar-refractivity contribution in [2.75, 3.05) is 0 Å². The first kappa shape index (κ1) is 14.1. The zero-order chi connectivity index (χ0) is 15.4. The lowest BCUT2D eigenvalue weighted by molar-refractivity contribution is 0.883. The molecule has 0 bridgehead atoms. The molecule has 0 aliphatic rings. The topological polar surface area (TPSA) is 41.6 Å². The zero-order valence-corrected chi connectivity index (χ0v) is 12.5. The number of para-hydroxylation sites is 1. The van der Waals surface area contributed by atoms with Crippen LogP contribution in [0.2, 0.25) is 0 Å². The molecule has 0 atom stereocenters. The number of nitriles is 1.